The summed E-state index contributed by atoms with van der Waals surface area (Å²) in [5.41, 5.74) is -7.18. The first-order chi connectivity index (χ1) is 16.2. The highest BCUT2D eigenvalue weighted by atomic mass is 16.6. The van der Waals surface area contributed by atoms with Gasteiger partial charge in [0.15, 0.2) is 17.5 Å². The molecule has 4 fully saturated rings. The Labute approximate surface area is 207 Å². The van der Waals surface area contributed by atoms with Crippen molar-refractivity contribution in [1.82, 2.24) is 4.90 Å². The van der Waals surface area contributed by atoms with E-state index in [0.29, 0.717) is 39.1 Å². The van der Waals surface area contributed by atoms with Crippen LogP contribution in [0.2, 0.25) is 0 Å². The van der Waals surface area contributed by atoms with E-state index in [1.807, 2.05) is 18.7 Å². The van der Waals surface area contributed by atoms with Crippen LogP contribution in [0.15, 0.2) is 12.7 Å². The van der Waals surface area contributed by atoms with E-state index in [-0.39, 0.29) is 13.0 Å². The van der Waals surface area contributed by atoms with E-state index in [0.717, 1.165) is 0 Å². The van der Waals surface area contributed by atoms with E-state index in [4.69, 9.17) is 14.2 Å². The Kier molecular flexibility index (Phi) is 6.56. The van der Waals surface area contributed by atoms with E-state index in [1.54, 1.807) is 13.8 Å². The van der Waals surface area contributed by atoms with Crippen LogP contribution >= 0.6 is 0 Å². The Morgan fingerprint density at radius 1 is 1.20 bits per heavy atom. The largest absolute Gasteiger partial charge is 0.455 e. The van der Waals surface area contributed by atoms with E-state index in [9.17, 15) is 24.9 Å². The number of Topliss-reactive ketones (excluding diaryl/α,β-unsaturated/α-hetero) is 1. The van der Waals surface area contributed by atoms with Crippen molar-refractivity contribution >= 4 is 11.8 Å². The first-order valence-electron chi connectivity index (χ1n) is 12.6. The first kappa shape index (κ1) is 26.7. The lowest BCUT2D eigenvalue weighted by Crippen LogP contribution is -2.86. The quantitative estimate of drug-likeness (QED) is 0.384. The number of ketones is 1. The highest BCUT2D eigenvalue weighted by Crippen LogP contribution is 2.67. The maximum Gasteiger partial charge on any atom is 0.320 e. The molecule has 4 unspecified atom stereocenters. The van der Waals surface area contributed by atoms with Crippen molar-refractivity contribution in [2.24, 2.45) is 16.7 Å². The van der Waals surface area contributed by atoms with Gasteiger partial charge in [0.1, 0.15) is 5.60 Å². The molecule has 8 atom stereocenters. The van der Waals surface area contributed by atoms with E-state index in [1.165, 1.54) is 13.0 Å². The molecule has 35 heavy (non-hydrogen) atoms. The minimum absolute atomic E-state index is 0.0122. The summed E-state index contributed by atoms with van der Waals surface area (Å²) in [6, 6.07) is 0. The van der Waals surface area contributed by atoms with Gasteiger partial charge in [-0.2, -0.15) is 0 Å². The summed E-state index contributed by atoms with van der Waals surface area (Å²) in [5, 5.41) is 35.6. The average Bonchev–Trinajstić information content (AvgIpc) is 2.78. The third-order valence-electron chi connectivity index (χ3n) is 9.44. The summed E-state index contributed by atoms with van der Waals surface area (Å²) in [7, 11) is 0. The van der Waals surface area contributed by atoms with Crippen LogP contribution in [0.4, 0.5) is 0 Å². The summed E-state index contributed by atoms with van der Waals surface area (Å²) < 4.78 is 17.7. The molecule has 2 saturated heterocycles. The lowest BCUT2D eigenvalue weighted by molar-refractivity contribution is -0.370. The number of hydrogen-bond donors (Lipinski definition) is 3. The fourth-order valence-corrected chi connectivity index (χ4v) is 7.60. The zero-order valence-corrected chi connectivity index (χ0v) is 21.6. The molecular weight excluding hydrogens is 454 g/mol. The van der Waals surface area contributed by atoms with Crippen LogP contribution in [-0.4, -0.2) is 99.9 Å². The summed E-state index contributed by atoms with van der Waals surface area (Å²) in [6.45, 7) is 14.7. The normalized spacial score (nSPS) is 47.9. The molecular formula is C26H41NO8. The van der Waals surface area contributed by atoms with Crippen LogP contribution in [0.5, 0.6) is 0 Å². The van der Waals surface area contributed by atoms with Crippen molar-refractivity contribution in [2.75, 3.05) is 32.8 Å². The molecule has 2 heterocycles. The summed E-state index contributed by atoms with van der Waals surface area (Å²) in [4.78, 5) is 28.9. The van der Waals surface area contributed by atoms with Gasteiger partial charge >= 0.3 is 5.97 Å². The Bertz CT molecular complexity index is 887. The molecule has 2 saturated carbocycles. The Balaban J connectivity index is 1.81. The van der Waals surface area contributed by atoms with E-state index >= 15 is 0 Å². The van der Waals surface area contributed by atoms with Crippen molar-refractivity contribution in [3.63, 3.8) is 0 Å². The number of ether oxygens (including phenoxy) is 3. The molecule has 3 N–H and O–H groups in total. The number of aliphatic hydroxyl groups is 3. The molecule has 2 aliphatic heterocycles. The van der Waals surface area contributed by atoms with Crippen molar-refractivity contribution in [3.05, 3.63) is 12.7 Å². The number of morpholine rings is 1. The molecule has 4 rings (SSSR count). The zero-order chi connectivity index (χ0) is 26.0. The average molecular weight is 496 g/mol. The number of esters is 1. The fourth-order valence-electron chi connectivity index (χ4n) is 7.60. The van der Waals surface area contributed by atoms with Crippen LogP contribution in [0.25, 0.3) is 0 Å². The van der Waals surface area contributed by atoms with Crippen molar-refractivity contribution in [1.29, 1.82) is 0 Å². The van der Waals surface area contributed by atoms with Gasteiger partial charge < -0.3 is 29.5 Å². The number of carbonyl (C=O) groups is 2. The molecule has 9 heteroatoms. The lowest BCUT2D eigenvalue weighted by atomic mass is 9.40. The van der Waals surface area contributed by atoms with Gasteiger partial charge in [-0.1, -0.05) is 26.8 Å². The van der Waals surface area contributed by atoms with Crippen LogP contribution < -0.4 is 0 Å². The number of fused-ring (bicyclic) bond motifs is 3. The predicted molar refractivity (Wildman–Crippen MR) is 126 cm³/mol. The van der Waals surface area contributed by atoms with Crippen molar-refractivity contribution < 1.29 is 39.1 Å². The van der Waals surface area contributed by atoms with Gasteiger partial charge in [0.25, 0.3) is 0 Å². The first-order valence-corrected chi connectivity index (χ1v) is 12.6. The van der Waals surface area contributed by atoms with Gasteiger partial charge in [-0.25, -0.2) is 0 Å². The summed E-state index contributed by atoms with van der Waals surface area (Å²) >= 11 is 0. The Morgan fingerprint density at radius 3 is 2.43 bits per heavy atom. The minimum atomic E-state index is -2.21. The molecule has 0 aromatic rings. The monoisotopic (exact) mass is 495 g/mol. The Hall–Kier alpha value is -1.36. The second kappa shape index (κ2) is 8.60. The second-order valence-electron chi connectivity index (χ2n) is 12.1. The molecule has 9 nitrogen and oxygen atoms in total. The molecule has 0 bridgehead atoms. The second-order valence-corrected chi connectivity index (χ2v) is 12.1. The number of rotatable bonds is 4. The zero-order valence-electron chi connectivity index (χ0n) is 21.6. The standard InChI is InChI=1S/C26H41NO8/c1-7-23(4)14-17(29)26(32)24(5)16(28)8-9-22(2,3)20(24)19(31)21(25(26,6)35-23)34-18(30)15-27-10-12-33-13-11-27/h7,16,19-21,28,31-32H,1,8-15H2,2-6H3/t16-,19?,20?,21?,23-,24?,25+,26-/m0/s1. The minimum Gasteiger partial charge on any atom is -0.455 e. The number of carbonyl (C=O) groups excluding carboxylic acids is 2. The third kappa shape index (κ3) is 3.73. The molecule has 198 valence electrons. The maximum atomic E-state index is 13.9. The smallest absolute Gasteiger partial charge is 0.320 e. The number of hydrogen-bond acceptors (Lipinski definition) is 9. The maximum absolute atomic E-state index is 13.9. The summed E-state index contributed by atoms with van der Waals surface area (Å²) in [5.74, 6) is -1.84. The number of aliphatic hydroxyl groups excluding tert-OH is 2. The van der Waals surface area contributed by atoms with Gasteiger partial charge in [0, 0.05) is 30.8 Å². The fraction of sp³-hybridized carbons (Fsp3) is 0.846. The van der Waals surface area contributed by atoms with Gasteiger partial charge in [-0.3, -0.25) is 14.5 Å². The lowest BCUT2D eigenvalue weighted by Gasteiger charge is -2.71. The third-order valence-corrected chi connectivity index (χ3v) is 9.44. The van der Waals surface area contributed by atoms with Crippen LogP contribution in [-0.2, 0) is 23.8 Å². The van der Waals surface area contributed by atoms with E-state index in [2.05, 4.69) is 6.58 Å². The van der Waals surface area contributed by atoms with Crippen molar-refractivity contribution in [3.8, 4) is 0 Å². The highest BCUT2D eigenvalue weighted by molar-refractivity contribution is 5.92. The van der Waals surface area contributed by atoms with Crippen molar-refractivity contribution in [2.45, 2.75) is 89.0 Å². The SMILES string of the molecule is C=C[C@@]1(C)CC(=O)[C@]2(O)C3(C)C(C(O)C(OC(=O)CN4CCOCC4)[C@@]2(C)O1)C(C)(C)CC[C@@H]3O. The van der Waals surface area contributed by atoms with Crippen LogP contribution in [0.3, 0.4) is 0 Å². The molecule has 0 aromatic carbocycles. The highest BCUT2D eigenvalue weighted by Gasteiger charge is 2.81. The van der Waals surface area contributed by atoms with Gasteiger partial charge in [0.2, 0.25) is 0 Å². The molecule has 0 radical (unpaired) electrons. The molecule has 2 aliphatic carbocycles. The number of nitrogens with zero attached hydrogens (tertiary/aromatic N) is 1. The topological polar surface area (TPSA) is 126 Å². The summed E-state index contributed by atoms with van der Waals surface area (Å²) in [6.07, 6.45) is -1.42. The molecule has 4 aliphatic rings. The van der Waals surface area contributed by atoms with Gasteiger partial charge in [-0.05, 0) is 32.1 Å². The van der Waals surface area contributed by atoms with Gasteiger partial charge in [0.05, 0.1) is 37.6 Å². The molecule has 0 spiro atoms. The predicted octanol–water partition coefficient (Wildman–Crippen LogP) is 0.832. The van der Waals surface area contributed by atoms with Crippen LogP contribution in [0.1, 0.15) is 53.9 Å². The molecule has 0 amide bonds. The van der Waals surface area contributed by atoms with Gasteiger partial charge in [-0.15, -0.1) is 6.58 Å². The Morgan fingerprint density at radius 2 is 1.83 bits per heavy atom. The molecule has 0 aromatic heterocycles. The van der Waals surface area contributed by atoms with Crippen LogP contribution in [0, 0.1) is 16.7 Å². The van der Waals surface area contributed by atoms with E-state index < -0.39 is 63.6 Å².